The predicted octanol–water partition coefficient (Wildman–Crippen LogP) is 3.72. The molecule has 0 amide bonds. The van der Waals surface area contributed by atoms with E-state index in [0.29, 0.717) is 10.5 Å². The average molecular weight is 605 g/mol. The minimum Gasteiger partial charge on any atom is -0.463 e. The maximum absolute atomic E-state index is 13.9. The molecule has 220 valence electrons. The van der Waals surface area contributed by atoms with Gasteiger partial charge in [-0.1, -0.05) is 23.0 Å². The summed E-state index contributed by atoms with van der Waals surface area (Å²) in [7, 11) is 0. The fourth-order valence-electron chi connectivity index (χ4n) is 4.31. The van der Waals surface area contributed by atoms with Gasteiger partial charge in [0.25, 0.3) is 0 Å². The molecular weight excluding hydrogens is 581 g/mol. The number of carbonyl (C=O) groups excluding carboxylic acids is 3. The Labute approximate surface area is 241 Å². The molecule has 15 heteroatoms. The van der Waals surface area contributed by atoms with Gasteiger partial charge in [-0.15, -0.1) is 5.10 Å². The first kappa shape index (κ1) is 30.5. The largest absolute Gasteiger partial charge is 0.463 e. The lowest BCUT2D eigenvalue weighted by Gasteiger charge is -2.44. The fraction of sp³-hybridized carbons (Fsp3) is 0.333. The second-order valence-corrected chi connectivity index (χ2v) is 10.3. The van der Waals surface area contributed by atoms with Gasteiger partial charge in [0.05, 0.1) is 17.8 Å². The molecule has 0 N–H and O–H groups in total. The molecule has 4 rings (SSSR count). The first-order valence-corrected chi connectivity index (χ1v) is 13.2. The first-order chi connectivity index (χ1) is 20.0. The number of nitriles is 1. The number of ether oxygens (including phenoxy) is 4. The summed E-state index contributed by atoms with van der Waals surface area (Å²) in [6, 6.07) is 8.84. The summed E-state index contributed by atoms with van der Waals surface area (Å²) < 4.78 is 65.2. The van der Waals surface area contributed by atoms with Crippen molar-refractivity contribution in [2.45, 2.75) is 55.5 Å². The zero-order valence-corrected chi connectivity index (χ0v) is 23.1. The van der Waals surface area contributed by atoms with E-state index >= 15 is 0 Å². The summed E-state index contributed by atoms with van der Waals surface area (Å²) in [5, 5.41) is 17.3. The Morgan fingerprint density at radius 1 is 1.02 bits per heavy atom. The number of thioether (sulfide) groups is 1. The standard InChI is InChI=1S/C27H23F3N4O7S/c1-13(35)38-12-22-25(39-14(2)36)24(34-11-21(32-33-34)17-8-19(28)23(30)20(29)9-17)26(40-15(3)37)27(41-22)42-18-6-4-5-16(7-18)10-31/h4-9,11,22,24-27H,12H2,1-3H3/t22?,24-,25-,26?,27+/m0/s1. The second-order valence-electron chi connectivity index (χ2n) is 9.08. The summed E-state index contributed by atoms with van der Waals surface area (Å²) >= 11 is 1.08. The number of benzene rings is 2. The third-order valence-corrected chi connectivity index (χ3v) is 7.12. The highest BCUT2D eigenvalue weighted by atomic mass is 32.2. The van der Waals surface area contributed by atoms with Gasteiger partial charge in [-0.3, -0.25) is 14.4 Å². The SMILES string of the molecule is CC(=O)OCC1O[C@H](Sc2cccc(C#N)c2)C(OC(C)=O)[C@@H](n2cc(-c3cc(F)c(F)c(F)c3)nn2)[C@H]1OC(C)=O. The maximum atomic E-state index is 13.9. The lowest BCUT2D eigenvalue weighted by atomic mass is 9.96. The molecule has 1 fully saturated rings. The average Bonchev–Trinajstić information content (AvgIpc) is 3.41. The van der Waals surface area contributed by atoms with Gasteiger partial charge in [0.15, 0.2) is 29.7 Å². The van der Waals surface area contributed by atoms with Crippen molar-refractivity contribution in [3.8, 4) is 17.3 Å². The van der Waals surface area contributed by atoms with Crippen molar-refractivity contribution in [3.05, 3.63) is 65.6 Å². The van der Waals surface area contributed by atoms with Gasteiger partial charge in [-0.05, 0) is 30.3 Å². The number of esters is 3. The highest BCUT2D eigenvalue weighted by Gasteiger charge is 2.52. The summed E-state index contributed by atoms with van der Waals surface area (Å²) in [6.45, 7) is 3.08. The quantitative estimate of drug-likeness (QED) is 0.211. The minimum absolute atomic E-state index is 0.0788. The number of hydrogen-bond acceptors (Lipinski definition) is 11. The van der Waals surface area contributed by atoms with Gasteiger partial charge >= 0.3 is 17.9 Å². The van der Waals surface area contributed by atoms with Crippen molar-refractivity contribution in [1.29, 1.82) is 5.26 Å². The van der Waals surface area contributed by atoms with Crippen LogP contribution in [0.1, 0.15) is 32.4 Å². The van der Waals surface area contributed by atoms with Crippen LogP contribution in [-0.4, -0.2) is 63.3 Å². The number of halogens is 3. The van der Waals surface area contributed by atoms with Gasteiger partial charge < -0.3 is 18.9 Å². The molecule has 2 aromatic carbocycles. The molecule has 1 aliphatic heterocycles. The topological polar surface area (TPSA) is 143 Å². The third-order valence-electron chi connectivity index (χ3n) is 5.98. The van der Waals surface area contributed by atoms with Crippen LogP contribution in [0, 0.1) is 28.8 Å². The molecule has 2 unspecified atom stereocenters. The lowest BCUT2D eigenvalue weighted by Crippen LogP contribution is -2.57. The van der Waals surface area contributed by atoms with Crippen molar-refractivity contribution < 1.29 is 46.5 Å². The van der Waals surface area contributed by atoms with Gasteiger partial charge in [0.1, 0.15) is 29.9 Å². The smallest absolute Gasteiger partial charge is 0.303 e. The Balaban J connectivity index is 1.82. The second kappa shape index (κ2) is 13.0. The Morgan fingerprint density at radius 3 is 2.31 bits per heavy atom. The van der Waals surface area contributed by atoms with Crippen LogP contribution in [0.5, 0.6) is 0 Å². The minimum atomic E-state index is -1.66. The normalized spacial score (nSPS) is 21.7. The summed E-state index contributed by atoms with van der Waals surface area (Å²) in [5.74, 6) is -6.67. The number of aromatic nitrogens is 3. The molecule has 1 saturated heterocycles. The number of rotatable bonds is 8. The molecule has 11 nitrogen and oxygen atoms in total. The lowest BCUT2D eigenvalue weighted by molar-refractivity contribution is -0.212. The molecule has 0 spiro atoms. The molecule has 42 heavy (non-hydrogen) atoms. The van der Waals surface area contributed by atoms with Crippen LogP contribution >= 0.6 is 11.8 Å². The summed E-state index contributed by atoms with van der Waals surface area (Å²) in [6.07, 6.45) is -2.37. The Hall–Kier alpha value is -4.42. The van der Waals surface area contributed by atoms with E-state index in [4.69, 9.17) is 18.9 Å². The van der Waals surface area contributed by atoms with Crippen LogP contribution in [-0.2, 0) is 33.3 Å². The van der Waals surface area contributed by atoms with E-state index in [2.05, 4.69) is 10.3 Å². The molecule has 0 saturated carbocycles. The summed E-state index contributed by atoms with van der Waals surface area (Å²) in [5.41, 5.74) is -0.905. The van der Waals surface area contributed by atoms with E-state index in [0.717, 1.165) is 42.4 Å². The number of hydrogen-bond donors (Lipinski definition) is 0. The van der Waals surface area contributed by atoms with Crippen molar-refractivity contribution in [2.75, 3.05) is 6.61 Å². The third kappa shape index (κ3) is 7.07. The van der Waals surface area contributed by atoms with E-state index in [9.17, 15) is 32.8 Å². The highest BCUT2D eigenvalue weighted by molar-refractivity contribution is 7.99. The first-order valence-electron chi connectivity index (χ1n) is 12.3. The molecule has 0 bridgehead atoms. The van der Waals surface area contributed by atoms with Crippen LogP contribution in [0.3, 0.4) is 0 Å². The Bertz CT molecular complexity index is 1520. The van der Waals surface area contributed by atoms with Crippen LogP contribution in [0.25, 0.3) is 11.3 Å². The zero-order valence-electron chi connectivity index (χ0n) is 22.3. The van der Waals surface area contributed by atoms with E-state index in [-0.39, 0.29) is 17.9 Å². The van der Waals surface area contributed by atoms with E-state index in [1.807, 2.05) is 6.07 Å². The van der Waals surface area contributed by atoms with Crippen molar-refractivity contribution in [3.63, 3.8) is 0 Å². The molecule has 1 aliphatic rings. The van der Waals surface area contributed by atoms with Crippen LogP contribution in [0.15, 0.2) is 47.5 Å². The molecule has 2 heterocycles. The highest BCUT2D eigenvalue weighted by Crippen LogP contribution is 2.41. The van der Waals surface area contributed by atoms with Crippen molar-refractivity contribution >= 4 is 29.7 Å². The van der Waals surface area contributed by atoms with E-state index in [1.54, 1.807) is 24.3 Å². The Morgan fingerprint density at radius 2 is 1.69 bits per heavy atom. The zero-order chi connectivity index (χ0) is 30.6. The van der Waals surface area contributed by atoms with Crippen LogP contribution < -0.4 is 0 Å². The van der Waals surface area contributed by atoms with Gasteiger partial charge in [-0.25, -0.2) is 17.9 Å². The van der Waals surface area contributed by atoms with Crippen molar-refractivity contribution in [2.24, 2.45) is 0 Å². The van der Waals surface area contributed by atoms with Crippen LogP contribution in [0.4, 0.5) is 13.2 Å². The monoisotopic (exact) mass is 604 g/mol. The molecule has 5 atom stereocenters. The van der Waals surface area contributed by atoms with Gasteiger partial charge in [0.2, 0.25) is 0 Å². The maximum Gasteiger partial charge on any atom is 0.303 e. The predicted molar refractivity (Wildman–Crippen MR) is 138 cm³/mol. The van der Waals surface area contributed by atoms with Crippen molar-refractivity contribution in [1.82, 2.24) is 15.0 Å². The van der Waals surface area contributed by atoms with Gasteiger partial charge in [-0.2, -0.15) is 5.26 Å². The molecule has 1 aromatic heterocycles. The summed E-state index contributed by atoms with van der Waals surface area (Å²) in [4.78, 5) is 36.7. The Kier molecular flexibility index (Phi) is 9.48. The molecule has 3 aromatic rings. The number of carbonyl (C=O) groups is 3. The molecular formula is C27H23F3N4O7S. The molecule has 0 radical (unpaired) electrons. The molecule has 0 aliphatic carbocycles. The van der Waals surface area contributed by atoms with Gasteiger partial charge in [0, 0.05) is 31.2 Å². The van der Waals surface area contributed by atoms with Crippen LogP contribution in [0.2, 0.25) is 0 Å². The fourth-order valence-corrected chi connectivity index (χ4v) is 5.48. The van der Waals surface area contributed by atoms with E-state index < -0.39 is 65.1 Å². The number of nitrogens with zero attached hydrogens (tertiary/aromatic N) is 4. The van der Waals surface area contributed by atoms with E-state index in [1.165, 1.54) is 13.1 Å².